The predicted octanol–water partition coefficient (Wildman–Crippen LogP) is 3.27. The first-order chi connectivity index (χ1) is 12.8. The average molecular weight is 383 g/mol. The van der Waals surface area contributed by atoms with Gasteiger partial charge < -0.3 is 19.5 Å². The summed E-state index contributed by atoms with van der Waals surface area (Å²) in [5.74, 6) is -0.708. The Labute approximate surface area is 152 Å². The third kappa shape index (κ3) is 6.21. The Morgan fingerprint density at radius 3 is 2.19 bits per heavy atom. The summed E-state index contributed by atoms with van der Waals surface area (Å²) in [5, 5.41) is 2.32. The Balaban J connectivity index is 1.77. The Bertz CT molecular complexity index is 790. The summed E-state index contributed by atoms with van der Waals surface area (Å²) in [5.41, 5.74) is -0.685. The van der Waals surface area contributed by atoms with E-state index in [1.165, 1.54) is 7.11 Å². The molecule has 0 radical (unpaired) electrons. The van der Waals surface area contributed by atoms with Gasteiger partial charge >= 0.3 is 12.1 Å². The lowest BCUT2D eigenvalue weighted by Crippen LogP contribution is -2.23. The van der Waals surface area contributed by atoms with Crippen molar-refractivity contribution in [1.29, 1.82) is 0 Å². The van der Waals surface area contributed by atoms with Crippen molar-refractivity contribution < 1.29 is 37.0 Å². The van der Waals surface area contributed by atoms with E-state index < -0.39 is 36.8 Å². The zero-order valence-electron chi connectivity index (χ0n) is 14.2. The highest BCUT2D eigenvalue weighted by Gasteiger charge is 2.30. The molecule has 0 unspecified atom stereocenters. The molecule has 2 aromatic rings. The summed E-state index contributed by atoms with van der Waals surface area (Å²) in [7, 11) is 1.45. The molecule has 27 heavy (non-hydrogen) atoms. The van der Waals surface area contributed by atoms with Gasteiger partial charge in [0.1, 0.15) is 0 Å². The van der Waals surface area contributed by atoms with Gasteiger partial charge in [0.25, 0.3) is 5.91 Å². The number of carbonyl (C=O) groups is 2. The van der Waals surface area contributed by atoms with Crippen molar-refractivity contribution >= 4 is 17.6 Å². The van der Waals surface area contributed by atoms with Crippen molar-refractivity contribution in [3.63, 3.8) is 0 Å². The number of anilines is 1. The van der Waals surface area contributed by atoms with Crippen LogP contribution in [-0.2, 0) is 20.5 Å². The summed E-state index contributed by atoms with van der Waals surface area (Å²) in [6.45, 7) is -1.04. The fraction of sp³-hybridized carbons (Fsp3) is 0.222. The zero-order valence-corrected chi connectivity index (χ0v) is 14.2. The fourth-order valence-corrected chi connectivity index (χ4v) is 2.00. The maximum atomic E-state index is 12.5. The van der Waals surface area contributed by atoms with E-state index in [9.17, 15) is 22.8 Å². The molecule has 0 fully saturated rings. The minimum atomic E-state index is -4.46. The molecule has 0 saturated heterocycles. The molecule has 0 saturated carbocycles. The molecule has 0 bridgehead atoms. The number of hydrogen-bond acceptors (Lipinski definition) is 5. The highest BCUT2D eigenvalue weighted by Crippen LogP contribution is 2.29. The van der Waals surface area contributed by atoms with Crippen LogP contribution < -0.4 is 14.8 Å². The summed E-state index contributed by atoms with van der Waals surface area (Å²) in [6.07, 6.45) is -4.46. The number of benzene rings is 2. The van der Waals surface area contributed by atoms with Crippen molar-refractivity contribution in [1.82, 2.24) is 0 Å². The van der Waals surface area contributed by atoms with Crippen molar-refractivity contribution in [2.45, 2.75) is 6.18 Å². The van der Waals surface area contributed by atoms with Crippen LogP contribution in [0.5, 0.6) is 11.5 Å². The quantitative estimate of drug-likeness (QED) is 0.743. The molecule has 144 valence electrons. The second-order valence-corrected chi connectivity index (χ2v) is 5.22. The van der Waals surface area contributed by atoms with E-state index in [1.54, 1.807) is 24.3 Å². The number of ether oxygens (including phenoxy) is 3. The van der Waals surface area contributed by atoms with Gasteiger partial charge in [-0.2, -0.15) is 13.2 Å². The van der Waals surface area contributed by atoms with Gasteiger partial charge in [0.15, 0.2) is 24.7 Å². The van der Waals surface area contributed by atoms with E-state index in [0.717, 1.165) is 24.3 Å². The largest absolute Gasteiger partial charge is 0.493 e. The maximum absolute atomic E-state index is 12.5. The van der Waals surface area contributed by atoms with Crippen molar-refractivity contribution in [2.24, 2.45) is 0 Å². The van der Waals surface area contributed by atoms with E-state index in [-0.39, 0.29) is 5.69 Å². The number of esters is 1. The minimum Gasteiger partial charge on any atom is -0.493 e. The summed E-state index contributed by atoms with van der Waals surface area (Å²) in [4.78, 5) is 23.3. The van der Waals surface area contributed by atoms with Crippen LogP contribution in [0, 0.1) is 0 Å². The number of amides is 1. The number of rotatable bonds is 7. The number of methoxy groups -OCH3 is 1. The smallest absolute Gasteiger partial charge is 0.416 e. The van der Waals surface area contributed by atoms with E-state index in [2.05, 4.69) is 5.32 Å². The molecule has 2 rings (SSSR count). The molecule has 1 amide bonds. The molecule has 1 N–H and O–H groups in total. The Kier molecular flexibility index (Phi) is 6.64. The second kappa shape index (κ2) is 8.93. The monoisotopic (exact) mass is 383 g/mol. The molecule has 0 aliphatic heterocycles. The number of carbonyl (C=O) groups excluding carboxylic acids is 2. The Morgan fingerprint density at radius 1 is 0.963 bits per heavy atom. The van der Waals surface area contributed by atoms with Gasteiger partial charge in [-0.25, -0.2) is 4.79 Å². The van der Waals surface area contributed by atoms with E-state index >= 15 is 0 Å². The predicted molar refractivity (Wildman–Crippen MR) is 89.5 cm³/mol. The first-order valence-corrected chi connectivity index (χ1v) is 7.68. The van der Waals surface area contributed by atoms with Crippen LogP contribution in [-0.4, -0.2) is 32.2 Å². The third-order valence-corrected chi connectivity index (χ3v) is 3.27. The molecule has 0 atom stereocenters. The van der Waals surface area contributed by atoms with E-state index in [4.69, 9.17) is 14.2 Å². The van der Waals surface area contributed by atoms with Gasteiger partial charge in [0, 0.05) is 5.69 Å². The van der Waals surface area contributed by atoms with Crippen LogP contribution in [0.25, 0.3) is 0 Å². The van der Waals surface area contributed by atoms with Crippen molar-refractivity contribution in [3.05, 3.63) is 54.1 Å². The van der Waals surface area contributed by atoms with Crippen LogP contribution >= 0.6 is 0 Å². The molecular weight excluding hydrogens is 367 g/mol. The topological polar surface area (TPSA) is 73.9 Å². The van der Waals surface area contributed by atoms with Crippen molar-refractivity contribution in [3.8, 4) is 11.5 Å². The molecule has 9 heteroatoms. The highest BCUT2D eigenvalue weighted by atomic mass is 19.4. The van der Waals surface area contributed by atoms with Gasteiger partial charge in [-0.1, -0.05) is 12.1 Å². The first-order valence-electron chi connectivity index (χ1n) is 7.68. The van der Waals surface area contributed by atoms with Crippen LogP contribution in [0.3, 0.4) is 0 Å². The third-order valence-electron chi connectivity index (χ3n) is 3.27. The maximum Gasteiger partial charge on any atom is 0.416 e. The molecule has 2 aromatic carbocycles. The first kappa shape index (κ1) is 20.1. The highest BCUT2D eigenvalue weighted by molar-refractivity contribution is 5.92. The molecule has 0 heterocycles. The number of alkyl halides is 3. The average Bonchev–Trinajstić information content (AvgIpc) is 2.64. The minimum absolute atomic E-state index is 0.148. The van der Waals surface area contributed by atoms with Crippen molar-refractivity contribution in [2.75, 3.05) is 25.6 Å². The van der Waals surface area contributed by atoms with E-state index in [1.807, 2.05) is 0 Å². The number of halogens is 3. The Morgan fingerprint density at radius 2 is 1.59 bits per heavy atom. The normalized spacial score (nSPS) is 10.8. The molecule has 0 aliphatic rings. The van der Waals surface area contributed by atoms with Crippen LogP contribution in [0.15, 0.2) is 48.5 Å². The number of para-hydroxylation sites is 2. The zero-order chi connectivity index (χ0) is 19.9. The summed E-state index contributed by atoms with van der Waals surface area (Å²) < 4.78 is 52.5. The lowest BCUT2D eigenvalue weighted by molar-refractivity contribution is -0.149. The van der Waals surface area contributed by atoms with Crippen LogP contribution in [0.1, 0.15) is 5.56 Å². The summed E-state index contributed by atoms with van der Waals surface area (Å²) in [6, 6.07) is 10.6. The molecule has 0 aromatic heterocycles. The van der Waals surface area contributed by atoms with Gasteiger partial charge in [0.2, 0.25) is 0 Å². The SMILES string of the molecule is COc1ccccc1OCC(=O)OCC(=O)Nc1ccc(C(F)(F)F)cc1. The fourth-order valence-electron chi connectivity index (χ4n) is 2.00. The molecule has 0 spiro atoms. The second-order valence-electron chi connectivity index (χ2n) is 5.22. The van der Waals surface area contributed by atoms with Gasteiger partial charge in [0.05, 0.1) is 12.7 Å². The van der Waals surface area contributed by atoms with E-state index in [0.29, 0.717) is 11.5 Å². The van der Waals surface area contributed by atoms with Gasteiger partial charge in [-0.3, -0.25) is 4.79 Å². The van der Waals surface area contributed by atoms with Crippen LogP contribution in [0.4, 0.5) is 18.9 Å². The molecule has 6 nitrogen and oxygen atoms in total. The van der Waals surface area contributed by atoms with Gasteiger partial charge in [-0.05, 0) is 36.4 Å². The molecular formula is C18H16F3NO5. The lowest BCUT2D eigenvalue weighted by Gasteiger charge is -2.11. The number of nitrogens with one attached hydrogen (secondary N) is 1. The van der Waals surface area contributed by atoms with Gasteiger partial charge in [-0.15, -0.1) is 0 Å². The number of hydrogen-bond donors (Lipinski definition) is 1. The Hall–Kier alpha value is -3.23. The molecule has 0 aliphatic carbocycles. The standard InChI is InChI=1S/C18H16F3NO5/c1-25-14-4-2-3-5-15(14)26-11-17(24)27-10-16(23)22-13-8-6-12(7-9-13)18(19,20)21/h2-9H,10-11H2,1H3,(H,22,23). The summed E-state index contributed by atoms with van der Waals surface area (Å²) >= 11 is 0. The van der Waals surface area contributed by atoms with Crippen LogP contribution in [0.2, 0.25) is 0 Å². The lowest BCUT2D eigenvalue weighted by atomic mass is 10.2.